The molecule has 5 heteroatoms. The molecular weight excluding hydrogens is 242 g/mol. The van der Waals surface area contributed by atoms with E-state index in [4.69, 9.17) is 5.73 Å². The molecule has 1 aliphatic heterocycles. The van der Waals surface area contributed by atoms with Crippen LogP contribution in [0.5, 0.6) is 0 Å². The first-order valence-electron chi connectivity index (χ1n) is 6.99. The van der Waals surface area contributed by atoms with E-state index in [2.05, 4.69) is 19.2 Å². The van der Waals surface area contributed by atoms with Crippen molar-refractivity contribution in [2.75, 3.05) is 19.6 Å². The van der Waals surface area contributed by atoms with Crippen LogP contribution in [0.2, 0.25) is 0 Å². The lowest BCUT2D eigenvalue weighted by Gasteiger charge is -2.41. The number of carbonyl (C=O) groups excluding carboxylic acids is 2. The van der Waals surface area contributed by atoms with Gasteiger partial charge in [-0.2, -0.15) is 0 Å². The van der Waals surface area contributed by atoms with Gasteiger partial charge in [0.05, 0.1) is 0 Å². The van der Waals surface area contributed by atoms with Crippen molar-refractivity contribution in [3.05, 3.63) is 0 Å². The molecule has 19 heavy (non-hydrogen) atoms. The van der Waals surface area contributed by atoms with Crippen molar-refractivity contribution in [3.63, 3.8) is 0 Å². The van der Waals surface area contributed by atoms with Gasteiger partial charge >= 0.3 is 0 Å². The second kappa shape index (κ2) is 5.90. The van der Waals surface area contributed by atoms with Crippen molar-refractivity contribution in [3.8, 4) is 0 Å². The van der Waals surface area contributed by atoms with Gasteiger partial charge in [0, 0.05) is 19.5 Å². The highest BCUT2D eigenvalue weighted by atomic mass is 16.2. The van der Waals surface area contributed by atoms with Gasteiger partial charge in [-0.05, 0) is 38.6 Å². The van der Waals surface area contributed by atoms with Crippen LogP contribution in [0.15, 0.2) is 0 Å². The summed E-state index contributed by atoms with van der Waals surface area (Å²) in [5.41, 5.74) is 4.91. The fraction of sp³-hybridized carbons (Fsp3) is 0.857. The molecule has 0 bridgehead atoms. The molecule has 0 unspecified atom stereocenters. The van der Waals surface area contributed by atoms with Gasteiger partial charge in [0.25, 0.3) is 0 Å². The summed E-state index contributed by atoms with van der Waals surface area (Å²) in [6.45, 7) is 9.62. The zero-order chi connectivity index (χ0) is 14.7. The Morgan fingerprint density at radius 2 is 2.05 bits per heavy atom. The van der Waals surface area contributed by atoms with Crippen molar-refractivity contribution in [1.29, 1.82) is 0 Å². The lowest BCUT2D eigenvalue weighted by atomic mass is 9.84. The molecule has 1 saturated heterocycles. The first-order chi connectivity index (χ1) is 8.70. The molecule has 1 rings (SSSR count). The summed E-state index contributed by atoms with van der Waals surface area (Å²) >= 11 is 0. The van der Waals surface area contributed by atoms with Crippen molar-refractivity contribution < 1.29 is 9.59 Å². The first kappa shape index (κ1) is 16.0. The smallest absolute Gasteiger partial charge is 0.245 e. The van der Waals surface area contributed by atoms with Gasteiger partial charge in [-0.25, -0.2) is 0 Å². The van der Waals surface area contributed by atoms with Gasteiger partial charge in [0.15, 0.2) is 0 Å². The van der Waals surface area contributed by atoms with E-state index in [1.807, 2.05) is 0 Å². The Morgan fingerprint density at radius 3 is 2.63 bits per heavy atom. The molecule has 110 valence electrons. The largest absolute Gasteiger partial charge is 0.352 e. The maximum Gasteiger partial charge on any atom is 0.245 e. The molecule has 0 aromatic carbocycles. The van der Waals surface area contributed by atoms with Crippen LogP contribution >= 0.6 is 0 Å². The van der Waals surface area contributed by atoms with E-state index >= 15 is 0 Å². The van der Waals surface area contributed by atoms with Gasteiger partial charge < -0.3 is 16.0 Å². The standard InChI is InChI=1S/C14H27N3O2/c1-13(2,7-8-15)6-5-11(18)17-10-9-16-12(19)14(17,3)4/h5-10,15H2,1-4H3,(H,16,19). The van der Waals surface area contributed by atoms with Gasteiger partial charge in [-0.3, -0.25) is 9.59 Å². The van der Waals surface area contributed by atoms with Gasteiger partial charge in [-0.15, -0.1) is 0 Å². The topological polar surface area (TPSA) is 75.4 Å². The van der Waals surface area contributed by atoms with Gasteiger partial charge in [-0.1, -0.05) is 13.8 Å². The molecule has 2 amide bonds. The number of rotatable bonds is 5. The molecular formula is C14H27N3O2. The molecule has 3 N–H and O–H groups in total. The van der Waals surface area contributed by atoms with E-state index in [1.165, 1.54) is 0 Å². The minimum atomic E-state index is -0.743. The van der Waals surface area contributed by atoms with Crippen LogP contribution in [0.25, 0.3) is 0 Å². The molecule has 0 saturated carbocycles. The summed E-state index contributed by atoms with van der Waals surface area (Å²) in [5, 5.41) is 2.80. The van der Waals surface area contributed by atoms with Gasteiger partial charge in [0.1, 0.15) is 5.54 Å². The third kappa shape index (κ3) is 3.93. The lowest BCUT2D eigenvalue weighted by Crippen LogP contribution is -2.63. The highest BCUT2D eigenvalue weighted by Gasteiger charge is 2.40. The van der Waals surface area contributed by atoms with E-state index < -0.39 is 5.54 Å². The van der Waals surface area contributed by atoms with Crippen molar-refractivity contribution >= 4 is 11.8 Å². The second-order valence-electron chi connectivity index (χ2n) is 6.56. The fourth-order valence-corrected chi connectivity index (χ4v) is 2.43. The summed E-state index contributed by atoms with van der Waals surface area (Å²) < 4.78 is 0. The number of hydrogen-bond donors (Lipinski definition) is 2. The zero-order valence-corrected chi connectivity index (χ0v) is 12.6. The average molecular weight is 269 g/mol. The maximum atomic E-state index is 12.3. The number of hydrogen-bond acceptors (Lipinski definition) is 3. The predicted octanol–water partition coefficient (Wildman–Crippen LogP) is 0.879. The normalized spacial score (nSPS) is 19.2. The summed E-state index contributed by atoms with van der Waals surface area (Å²) in [6.07, 6.45) is 2.19. The Balaban J connectivity index is 2.60. The first-order valence-corrected chi connectivity index (χ1v) is 6.99. The molecule has 0 aliphatic carbocycles. The van der Waals surface area contributed by atoms with Crippen LogP contribution in [0.4, 0.5) is 0 Å². The predicted molar refractivity (Wildman–Crippen MR) is 75.5 cm³/mol. The lowest BCUT2D eigenvalue weighted by molar-refractivity contribution is -0.149. The molecule has 5 nitrogen and oxygen atoms in total. The van der Waals surface area contributed by atoms with E-state index in [9.17, 15) is 9.59 Å². The number of nitrogens with two attached hydrogens (primary N) is 1. The molecule has 1 heterocycles. The second-order valence-corrected chi connectivity index (χ2v) is 6.56. The highest BCUT2D eigenvalue weighted by Crippen LogP contribution is 2.27. The van der Waals surface area contributed by atoms with E-state index in [0.29, 0.717) is 26.1 Å². The van der Waals surface area contributed by atoms with Crippen molar-refractivity contribution in [1.82, 2.24) is 10.2 Å². The Kier molecular flexibility index (Phi) is 4.96. The summed E-state index contributed by atoms with van der Waals surface area (Å²) in [4.78, 5) is 25.8. The molecule has 0 atom stereocenters. The molecule has 0 aromatic rings. The zero-order valence-electron chi connectivity index (χ0n) is 12.6. The van der Waals surface area contributed by atoms with Crippen LogP contribution in [0.3, 0.4) is 0 Å². The van der Waals surface area contributed by atoms with E-state index in [1.54, 1.807) is 18.7 Å². The van der Waals surface area contributed by atoms with Crippen LogP contribution < -0.4 is 11.1 Å². The Hall–Kier alpha value is -1.10. The Morgan fingerprint density at radius 1 is 1.42 bits per heavy atom. The van der Waals surface area contributed by atoms with Crippen molar-refractivity contribution in [2.24, 2.45) is 11.1 Å². The SMILES string of the molecule is CC(C)(CCN)CCC(=O)N1CCNC(=O)C1(C)C. The van der Waals surface area contributed by atoms with Crippen LogP contribution in [-0.4, -0.2) is 41.9 Å². The molecule has 1 fully saturated rings. The van der Waals surface area contributed by atoms with Crippen molar-refractivity contribution in [2.45, 2.75) is 52.5 Å². The van der Waals surface area contributed by atoms with Crippen LogP contribution in [0, 0.1) is 5.41 Å². The van der Waals surface area contributed by atoms with Gasteiger partial charge in [0.2, 0.25) is 11.8 Å². The minimum Gasteiger partial charge on any atom is -0.352 e. The number of nitrogens with one attached hydrogen (secondary N) is 1. The average Bonchev–Trinajstić information content (AvgIpc) is 2.30. The number of carbonyl (C=O) groups is 2. The Labute approximate surface area is 115 Å². The molecule has 0 radical (unpaired) electrons. The van der Waals surface area contributed by atoms with E-state index in [0.717, 1.165) is 12.8 Å². The van der Waals surface area contributed by atoms with Crippen LogP contribution in [-0.2, 0) is 9.59 Å². The number of amides is 2. The quantitative estimate of drug-likeness (QED) is 0.778. The molecule has 0 spiro atoms. The summed E-state index contributed by atoms with van der Waals surface area (Å²) in [6, 6.07) is 0. The molecule has 1 aliphatic rings. The number of nitrogens with zero attached hydrogens (tertiary/aromatic N) is 1. The number of piperazine rings is 1. The summed E-state index contributed by atoms with van der Waals surface area (Å²) in [7, 11) is 0. The summed E-state index contributed by atoms with van der Waals surface area (Å²) in [5.74, 6) is -0.0155. The molecule has 0 aromatic heterocycles. The monoisotopic (exact) mass is 269 g/mol. The van der Waals surface area contributed by atoms with Crippen LogP contribution in [0.1, 0.15) is 47.0 Å². The third-order valence-corrected chi connectivity index (χ3v) is 3.99. The maximum absolute atomic E-state index is 12.3. The van der Waals surface area contributed by atoms with E-state index in [-0.39, 0.29) is 17.2 Å². The minimum absolute atomic E-state index is 0.0601. The third-order valence-electron chi connectivity index (χ3n) is 3.99. The Bertz CT molecular complexity index is 351. The fourth-order valence-electron chi connectivity index (χ4n) is 2.43. The highest BCUT2D eigenvalue weighted by molar-refractivity contribution is 5.91.